The minimum absolute atomic E-state index is 0.388. The number of hydrogen-bond donors (Lipinski definition) is 2. The predicted molar refractivity (Wildman–Crippen MR) is 95.2 cm³/mol. The Labute approximate surface area is 139 Å². The maximum absolute atomic E-state index is 12.4. The molecule has 1 saturated heterocycles. The first-order valence-electron chi connectivity index (χ1n) is 7.02. The first kappa shape index (κ1) is 17.6. The molecule has 0 spiro atoms. The highest BCUT2D eigenvalue weighted by Crippen LogP contribution is 2.27. The average molecular weight is 367 g/mol. The fourth-order valence-electron chi connectivity index (χ4n) is 2.06. The second-order valence-corrected chi connectivity index (χ2v) is 10.5. The number of thioether (sulfide) groups is 2. The summed E-state index contributed by atoms with van der Waals surface area (Å²) in [5.74, 6) is 3.31. The molecule has 0 aliphatic carbocycles. The molecule has 1 aliphatic heterocycles. The van der Waals surface area contributed by atoms with E-state index in [2.05, 4.69) is 10.0 Å². The quantitative estimate of drug-likeness (QED) is 0.775. The van der Waals surface area contributed by atoms with Crippen LogP contribution in [0.5, 0.6) is 0 Å². The Kier molecular flexibility index (Phi) is 6.89. The molecule has 1 unspecified atom stereocenters. The molecule has 1 aromatic heterocycles. The van der Waals surface area contributed by atoms with E-state index in [0.717, 1.165) is 34.3 Å². The third-order valence-corrected chi connectivity index (χ3v) is 8.72. The van der Waals surface area contributed by atoms with Gasteiger partial charge >= 0.3 is 0 Å². The van der Waals surface area contributed by atoms with Gasteiger partial charge in [-0.05, 0) is 19.5 Å². The highest BCUT2D eigenvalue weighted by molar-refractivity contribution is 8.06. The molecule has 1 aliphatic rings. The molecular formula is C13H22N2O2S4. The predicted octanol–water partition coefficient (Wildman–Crippen LogP) is 2.29. The van der Waals surface area contributed by atoms with Gasteiger partial charge in [0.1, 0.15) is 0 Å². The highest BCUT2D eigenvalue weighted by Gasteiger charge is 2.22. The van der Waals surface area contributed by atoms with E-state index in [1.54, 1.807) is 17.4 Å². The number of nitrogens with one attached hydrogen (secondary N) is 2. The van der Waals surface area contributed by atoms with Crippen LogP contribution in [0.15, 0.2) is 11.0 Å². The van der Waals surface area contributed by atoms with Crippen molar-refractivity contribution in [3.8, 4) is 0 Å². The molecule has 2 rings (SSSR count). The van der Waals surface area contributed by atoms with Gasteiger partial charge < -0.3 is 5.32 Å². The Hall–Kier alpha value is 0.270. The Morgan fingerprint density at radius 1 is 1.38 bits per heavy atom. The van der Waals surface area contributed by atoms with Crippen molar-refractivity contribution in [3.05, 3.63) is 15.8 Å². The average Bonchev–Trinajstić information content (AvgIpc) is 2.86. The first-order chi connectivity index (χ1) is 10.0. The lowest BCUT2D eigenvalue weighted by Crippen LogP contribution is -2.33. The molecule has 0 amide bonds. The summed E-state index contributed by atoms with van der Waals surface area (Å²) in [6, 6.07) is 1.80. The highest BCUT2D eigenvalue weighted by atomic mass is 32.2. The summed E-state index contributed by atoms with van der Waals surface area (Å²) in [4.78, 5) is 2.37. The van der Waals surface area contributed by atoms with Crippen LogP contribution in [0.2, 0.25) is 0 Å². The fraction of sp³-hybridized carbons (Fsp3) is 0.692. The zero-order chi connectivity index (χ0) is 15.3. The summed E-state index contributed by atoms with van der Waals surface area (Å²) in [5.41, 5.74) is 0. The monoisotopic (exact) mass is 366 g/mol. The van der Waals surface area contributed by atoms with Crippen LogP contribution in [0.3, 0.4) is 0 Å². The van der Waals surface area contributed by atoms with E-state index in [9.17, 15) is 8.42 Å². The molecule has 4 nitrogen and oxygen atoms in total. The summed E-state index contributed by atoms with van der Waals surface area (Å²) < 4.78 is 27.7. The number of aryl methyl sites for hydroxylation is 1. The second kappa shape index (κ2) is 8.21. The van der Waals surface area contributed by atoms with Crippen LogP contribution in [0.25, 0.3) is 0 Å². The van der Waals surface area contributed by atoms with Crippen molar-refractivity contribution in [2.24, 2.45) is 0 Å². The molecule has 21 heavy (non-hydrogen) atoms. The van der Waals surface area contributed by atoms with Crippen LogP contribution in [-0.2, 0) is 16.6 Å². The van der Waals surface area contributed by atoms with Crippen molar-refractivity contribution in [2.75, 3.05) is 30.3 Å². The van der Waals surface area contributed by atoms with Crippen LogP contribution in [-0.4, -0.2) is 44.0 Å². The lowest BCUT2D eigenvalue weighted by Gasteiger charge is -2.21. The zero-order valence-electron chi connectivity index (χ0n) is 12.3. The van der Waals surface area contributed by atoms with Gasteiger partial charge in [-0.3, -0.25) is 0 Å². The standard InChI is InChI=1S/C13H22N2O2S4/c1-3-14-7-11-6-13(10(2)20-11)21(16,17)15-8-12-9-18-4-5-19-12/h6,12,14-15H,3-5,7-9H2,1-2H3. The molecule has 1 aromatic rings. The molecule has 8 heteroatoms. The first-order valence-corrected chi connectivity index (χ1v) is 11.5. The normalized spacial score (nSPS) is 19.8. The van der Waals surface area contributed by atoms with E-state index >= 15 is 0 Å². The van der Waals surface area contributed by atoms with Crippen LogP contribution >= 0.6 is 34.9 Å². The summed E-state index contributed by atoms with van der Waals surface area (Å²) >= 11 is 5.32. The van der Waals surface area contributed by atoms with E-state index < -0.39 is 10.0 Å². The Morgan fingerprint density at radius 3 is 2.86 bits per heavy atom. The zero-order valence-corrected chi connectivity index (χ0v) is 15.6. The number of sulfonamides is 1. The topological polar surface area (TPSA) is 58.2 Å². The van der Waals surface area contributed by atoms with E-state index in [1.165, 1.54) is 5.75 Å². The minimum atomic E-state index is -3.38. The van der Waals surface area contributed by atoms with E-state index in [1.807, 2.05) is 37.4 Å². The maximum Gasteiger partial charge on any atom is 0.241 e. The van der Waals surface area contributed by atoms with Gasteiger partial charge in [0.15, 0.2) is 0 Å². The van der Waals surface area contributed by atoms with Gasteiger partial charge in [-0.25, -0.2) is 13.1 Å². The molecule has 0 aromatic carbocycles. The van der Waals surface area contributed by atoms with Crippen molar-refractivity contribution in [1.82, 2.24) is 10.0 Å². The van der Waals surface area contributed by atoms with Crippen LogP contribution in [0, 0.1) is 6.92 Å². The molecule has 120 valence electrons. The minimum Gasteiger partial charge on any atom is -0.312 e. The Bertz CT molecular complexity index is 551. The van der Waals surface area contributed by atoms with Crippen molar-refractivity contribution < 1.29 is 8.42 Å². The lowest BCUT2D eigenvalue weighted by atomic mass is 10.4. The largest absolute Gasteiger partial charge is 0.312 e. The molecule has 2 N–H and O–H groups in total. The maximum atomic E-state index is 12.4. The van der Waals surface area contributed by atoms with Crippen molar-refractivity contribution in [3.63, 3.8) is 0 Å². The van der Waals surface area contributed by atoms with Gasteiger partial charge in [-0.15, -0.1) is 11.3 Å². The fourth-order valence-corrected chi connectivity index (χ4v) is 7.46. The molecular weight excluding hydrogens is 344 g/mol. The SMILES string of the molecule is CCNCc1cc(S(=O)(=O)NCC2CSCCS2)c(C)s1. The third-order valence-electron chi connectivity index (χ3n) is 3.15. The van der Waals surface area contributed by atoms with Gasteiger partial charge in [-0.2, -0.15) is 23.5 Å². The van der Waals surface area contributed by atoms with Crippen LogP contribution in [0.1, 0.15) is 16.7 Å². The van der Waals surface area contributed by atoms with Crippen LogP contribution in [0.4, 0.5) is 0 Å². The lowest BCUT2D eigenvalue weighted by molar-refractivity contribution is 0.581. The van der Waals surface area contributed by atoms with Gasteiger partial charge in [0.25, 0.3) is 0 Å². The summed E-state index contributed by atoms with van der Waals surface area (Å²) in [6.07, 6.45) is 0. The number of rotatable bonds is 7. The van der Waals surface area contributed by atoms with Gasteiger partial charge in [0, 0.05) is 45.4 Å². The molecule has 0 radical (unpaired) electrons. The Morgan fingerprint density at radius 2 is 2.19 bits per heavy atom. The molecule has 1 atom stereocenters. The van der Waals surface area contributed by atoms with Crippen molar-refractivity contribution in [2.45, 2.75) is 30.5 Å². The smallest absolute Gasteiger partial charge is 0.241 e. The summed E-state index contributed by atoms with van der Waals surface area (Å²) in [6.45, 7) is 6.05. The van der Waals surface area contributed by atoms with E-state index in [4.69, 9.17) is 0 Å². The summed E-state index contributed by atoms with van der Waals surface area (Å²) in [7, 11) is -3.38. The van der Waals surface area contributed by atoms with Gasteiger partial charge in [0.2, 0.25) is 10.0 Å². The van der Waals surface area contributed by atoms with Crippen molar-refractivity contribution in [1.29, 1.82) is 0 Å². The molecule has 1 fully saturated rings. The van der Waals surface area contributed by atoms with Crippen LogP contribution < -0.4 is 10.0 Å². The number of thiophene rings is 1. The third kappa shape index (κ3) is 5.14. The van der Waals surface area contributed by atoms with E-state index in [-0.39, 0.29) is 0 Å². The van der Waals surface area contributed by atoms with Gasteiger partial charge in [-0.1, -0.05) is 6.92 Å². The second-order valence-electron chi connectivity index (χ2n) is 4.83. The Balaban J connectivity index is 1.99. The molecule has 0 bridgehead atoms. The molecule has 2 heterocycles. The summed E-state index contributed by atoms with van der Waals surface area (Å²) in [5, 5.41) is 3.62. The van der Waals surface area contributed by atoms with Crippen molar-refractivity contribution >= 4 is 44.9 Å². The number of hydrogen-bond acceptors (Lipinski definition) is 6. The van der Waals surface area contributed by atoms with E-state index in [0.29, 0.717) is 16.7 Å². The molecule has 0 saturated carbocycles. The van der Waals surface area contributed by atoms with Gasteiger partial charge in [0.05, 0.1) is 4.90 Å².